The first kappa shape index (κ1) is 16.5. The standard InChI is InChI=1S/C18H22N4OS/c1-13(2)11-22-12-14(9-21-22)8-19-18(23)20-10-16-7-15-5-3-4-6-17(15)24-16/h3-7,9,12-13H,8,10-11H2,1-2H3,(H2,19,20,23). The van der Waals surface area contributed by atoms with E-state index in [-0.39, 0.29) is 6.03 Å². The van der Waals surface area contributed by atoms with Crippen LogP contribution < -0.4 is 10.6 Å². The van der Waals surface area contributed by atoms with Gasteiger partial charge in [-0.2, -0.15) is 5.10 Å². The summed E-state index contributed by atoms with van der Waals surface area (Å²) in [5.74, 6) is 0.551. The van der Waals surface area contributed by atoms with Crippen molar-refractivity contribution in [2.24, 2.45) is 5.92 Å². The maximum absolute atomic E-state index is 11.9. The van der Waals surface area contributed by atoms with Crippen molar-refractivity contribution in [2.75, 3.05) is 0 Å². The third-order valence-electron chi connectivity index (χ3n) is 3.59. The van der Waals surface area contributed by atoms with Crippen LogP contribution in [0.5, 0.6) is 0 Å². The second-order valence-electron chi connectivity index (χ2n) is 6.25. The van der Waals surface area contributed by atoms with E-state index in [2.05, 4.69) is 47.8 Å². The lowest BCUT2D eigenvalue weighted by Crippen LogP contribution is -2.34. The summed E-state index contributed by atoms with van der Waals surface area (Å²) in [7, 11) is 0. The lowest BCUT2D eigenvalue weighted by molar-refractivity contribution is 0.240. The van der Waals surface area contributed by atoms with Gasteiger partial charge in [0.25, 0.3) is 0 Å². The highest BCUT2D eigenvalue weighted by atomic mass is 32.1. The quantitative estimate of drug-likeness (QED) is 0.717. The molecular weight excluding hydrogens is 320 g/mol. The van der Waals surface area contributed by atoms with Gasteiger partial charge in [-0.05, 0) is 23.4 Å². The zero-order valence-corrected chi connectivity index (χ0v) is 14.8. The highest BCUT2D eigenvalue weighted by molar-refractivity contribution is 7.19. The van der Waals surface area contributed by atoms with Crippen LogP contribution in [-0.4, -0.2) is 15.8 Å². The third kappa shape index (κ3) is 4.35. The zero-order valence-electron chi connectivity index (χ0n) is 14.0. The Kier molecular flexibility index (Phi) is 5.15. The van der Waals surface area contributed by atoms with Gasteiger partial charge in [0.2, 0.25) is 0 Å². The summed E-state index contributed by atoms with van der Waals surface area (Å²) in [6.07, 6.45) is 3.78. The fraction of sp³-hybridized carbons (Fsp3) is 0.333. The van der Waals surface area contributed by atoms with Crippen molar-refractivity contribution < 1.29 is 4.79 Å². The van der Waals surface area contributed by atoms with Crippen LogP contribution in [0, 0.1) is 5.92 Å². The molecule has 2 aromatic heterocycles. The summed E-state index contributed by atoms with van der Waals surface area (Å²) < 4.78 is 3.16. The van der Waals surface area contributed by atoms with Gasteiger partial charge in [0.1, 0.15) is 0 Å². The topological polar surface area (TPSA) is 59.0 Å². The van der Waals surface area contributed by atoms with E-state index >= 15 is 0 Å². The van der Waals surface area contributed by atoms with Crippen LogP contribution in [0.3, 0.4) is 0 Å². The average Bonchev–Trinajstić information content (AvgIpc) is 3.16. The lowest BCUT2D eigenvalue weighted by Gasteiger charge is -2.05. The Morgan fingerprint density at radius 2 is 2.04 bits per heavy atom. The number of amides is 2. The lowest BCUT2D eigenvalue weighted by atomic mass is 10.2. The molecule has 0 spiro atoms. The maximum Gasteiger partial charge on any atom is 0.315 e. The Bertz CT molecular complexity index is 788. The Morgan fingerprint density at radius 3 is 2.83 bits per heavy atom. The van der Waals surface area contributed by atoms with Crippen molar-refractivity contribution in [3.63, 3.8) is 0 Å². The van der Waals surface area contributed by atoms with E-state index < -0.39 is 0 Å². The zero-order chi connectivity index (χ0) is 16.9. The molecule has 5 nitrogen and oxygen atoms in total. The number of carbonyl (C=O) groups is 1. The van der Waals surface area contributed by atoms with Gasteiger partial charge >= 0.3 is 6.03 Å². The Balaban J connectivity index is 1.46. The largest absolute Gasteiger partial charge is 0.334 e. The molecule has 3 rings (SSSR count). The van der Waals surface area contributed by atoms with Gasteiger partial charge in [-0.1, -0.05) is 32.0 Å². The number of carbonyl (C=O) groups excluding carboxylic acids is 1. The molecule has 0 aliphatic rings. The molecule has 0 unspecified atom stereocenters. The molecule has 2 N–H and O–H groups in total. The van der Waals surface area contributed by atoms with Gasteiger partial charge in [-0.3, -0.25) is 4.68 Å². The van der Waals surface area contributed by atoms with Gasteiger partial charge in [-0.25, -0.2) is 4.79 Å². The third-order valence-corrected chi connectivity index (χ3v) is 4.71. The van der Waals surface area contributed by atoms with Gasteiger partial charge in [0, 0.05) is 34.4 Å². The summed E-state index contributed by atoms with van der Waals surface area (Å²) in [6.45, 7) is 6.22. The summed E-state index contributed by atoms with van der Waals surface area (Å²) in [5.41, 5.74) is 1.01. The van der Waals surface area contributed by atoms with Crippen LogP contribution in [0.4, 0.5) is 4.79 Å². The monoisotopic (exact) mass is 342 g/mol. The first-order chi connectivity index (χ1) is 11.6. The molecular formula is C18H22N4OS. The molecule has 2 heterocycles. The van der Waals surface area contributed by atoms with Crippen LogP contribution in [-0.2, 0) is 19.6 Å². The van der Waals surface area contributed by atoms with E-state index in [1.54, 1.807) is 17.5 Å². The molecule has 0 aliphatic carbocycles. The first-order valence-electron chi connectivity index (χ1n) is 8.10. The number of nitrogens with one attached hydrogen (secondary N) is 2. The molecule has 1 aromatic carbocycles. The van der Waals surface area contributed by atoms with E-state index in [1.165, 1.54) is 10.1 Å². The van der Waals surface area contributed by atoms with Crippen LogP contribution in [0.25, 0.3) is 10.1 Å². The number of rotatable bonds is 6. The number of hydrogen-bond donors (Lipinski definition) is 2. The van der Waals surface area contributed by atoms with Crippen molar-refractivity contribution in [3.05, 3.63) is 53.2 Å². The number of thiophene rings is 1. The van der Waals surface area contributed by atoms with E-state index in [1.807, 2.05) is 23.0 Å². The molecule has 6 heteroatoms. The molecule has 0 saturated carbocycles. The van der Waals surface area contributed by atoms with E-state index in [9.17, 15) is 4.79 Å². The molecule has 0 fully saturated rings. The average molecular weight is 342 g/mol. The predicted octanol–water partition coefficient (Wildman–Crippen LogP) is 3.75. The Hall–Kier alpha value is -2.34. The highest BCUT2D eigenvalue weighted by Gasteiger charge is 2.06. The number of hydrogen-bond acceptors (Lipinski definition) is 3. The first-order valence-corrected chi connectivity index (χ1v) is 8.92. The highest BCUT2D eigenvalue weighted by Crippen LogP contribution is 2.24. The van der Waals surface area contributed by atoms with Gasteiger partial charge < -0.3 is 10.6 Å². The molecule has 0 radical (unpaired) electrons. The molecule has 0 aliphatic heterocycles. The van der Waals surface area contributed by atoms with E-state index in [0.717, 1.165) is 17.0 Å². The van der Waals surface area contributed by atoms with Crippen molar-refractivity contribution in [1.29, 1.82) is 0 Å². The Morgan fingerprint density at radius 1 is 1.25 bits per heavy atom. The fourth-order valence-electron chi connectivity index (χ4n) is 2.51. The SMILES string of the molecule is CC(C)Cn1cc(CNC(=O)NCc2cc3ccccc3s2)cn1. The number of aromatic nitrogens is 2. The summed E-state index contributed by atoms with van der Waals surface area (Å²) >= 11 is 1.71. The second-order valence-corrected chi connectivity index (χ2v) is 7.42. The number of nitrogens with zero attached hydrogens (tertiary/aromatic N) is 2. The summed E-state index contributed by atoms with van der Waals surface area (Å²) in [5, 5.41) is 11.3. The van der Waals surface area contributed by atoms with Crippen LogP contribution >= 0.6 is 11.3 Å². The fourth-order valence-corrected chi connectivity index (χ4v) is 3.51. The summed E-state index contributed by atoms with van der Waals surface area (Å²) in [4.78, 5) is 13.1. The maximum atomic E-state index is 11.9. The van der Waals surface area contributed by atoms with Crippen molar-refractivity contribution in [2.45, 2.75) is 33.5 Å². The van der Waals surface area contributed by atoms with Crippen LogP contribution in [0.2, 0.25) is 0 Å². The van der Waals surface area contributed by atoms with Gasteiger partial charge in [0.15, 0.2) is 0 Å². The second kappa shape index (κ2) is 7.49. The molecule has 0 bridgehead atoms. The molecule has 3 aromatic rings. The number of urea groups is 1. The van der Waals surface area contributed by atoms with E-state index in [0.29, 0.717) is 19.0 Å². The van der Waals surface area contributed by atoms with E-state index in [4.69, 9.17) is 0 Å². The normalized spacial score (nSPS) is 11.1. The summed E-state index contributed by atoms with van der Waals surface area (Å²) in [6, 6.07) is 10.2. The molecule has 126 valence electrons. The van der Waals surface area contributed by atoms with Gasteiger partial charge in [0.05, 0.1) is 12.7 Å². The predicted molar refractivity (Wildman–Crippen MR) is 98.0 cm³/mol. The minimum atomic E-state index is -0.163. The minimum Gasteiger partial charge on any atom is -0.334 e. The van der Waals surface area contributed by atoms with Crippen molar-refractivity contribution in [1.82, 2.24) is 20.4 Å². The van der Waals surface area contributed by atoms with Gasteiger partial charge in [-0.15, -0.1) is 11.3 Å². The van der Waals surface area contributed by atoms with Crippen LogP contribution in [0.15, 0.2) is 42.7 Å². The Labute approximate surface area is 145 Å². The smallest absolute Gasteiger partial charge is 0.315 e. The number of fused-ring (bicyclic) bond motifs is 1. The van der Waals surface area contributed by atoms with Crippen molar-refractivity contribution >= 4 is 27.5 Å². The molecule has 0 saturated heterocycles. The molecule has 24 heavy (non-hydrogen) atoms. The molecule has 0 atom stereocenters. The number of benzene rings is 1. The van der Waals surface area contributed by atoms with Crippen LogP contribution in [0.1, 0.15) is 24.3 Å². The minimum absolute atomic E-state index is 0.163. The van der Waals surface area contributed by atoms with Crippen molar-refractivity contribution in [3.8, 4) is 0 Å². The molecule has 2 amide bonds.